The second-order valence-corrected chi connectivity index (χ2v) is 8.30. The first-order valence-corrected chi connectivity index (χ1v) is 10.2. The van der Waals surface area contributed by atoms with E-state index in [2.05, 4.69) is 0 Å². The van der Waals surface area contributed by atoms with Crippen molar-refractivity contribution in [1.82, 2.24) is 9.13 Å². The molecule has 0 saturated carbocycles. The third-order valence-electron chi connectivity index (χ3n) is 5.71. The van der Waals surface area contributed by atoms with Crippen molar-refractivity contribution in [2.24, 2.45) is 0 Å². The molecule has 1 aromatic carbocycles. The molecule has 0 aliphatic carbocycles. The van der Waals surface area contributed by atoms with Crippen LogP contribution in [0.15, 0.2) is 34.0 Å². The Bertz CT molecular complexity index is 1090. The third-order valence-corrected chi connectivity index (χ3v) is 5.71. The van der Waals surface area contributed by atoms with Crippen LogP contribution in [0.3, 0.4) is 0 Å². The molecule has 3 heterocycles. The van der Waals surface area contributed by atoms with Crippen LogP contribution in [-0.4, -0.2) is 48.0 Å². The number of aryl methyl sites for hydroxylation is 1. The number of benzene rings is 1. The summed E-state index contributed by atoms with van der Waals surface area (Å²) in [5.74, 6) is 0.473. The quantitative estimate of drug-likeness (QED) is 0.712. The Labute approximate surface area is 180 Å². The van der Waals surface area contributed by atoms with Crippen LogP contribution in [0.2, 0.25) is 0 Å². The summed E-state index contributed by atoms with van der Waals surface area (Å²) in [5.41, 5.74) is 0.342. The second kappa shape index (κ2) is 8.14. The fourth-order valence-corrected chi connectivity index (χ4v) is 4.08. The van der Waals surface area contributed by atoms with Gasteiger partial charge in [-0.1, -0.05) is 0 Å². The van der Waals surface area contributed by atoms with Crippen LogP contribution in [0.5, 0.6) is 11.5 Å². The molecule has 3 unspecified atom stereocenters. The molecule has 2 aliphatic rings. The molecule has 4 rings (SSSR count). The van der Waals surface area contributed by atoms with Crippen molar-refractivity contribution in [3.63, 3.8) is 0 Å². The first-order valence-electron chi connectivity index (χ1n) is 10.2. The van der Waals surface area contributed by atoms with Gasteiger partial charge >= 0.3 is 5.69 Å². The first-order chi connectivity index (χ1) is 14.7. The van der Waals surface area contributed by atoms with E-state index in [0.717, 1.165) is 0 Å². The zero-order chi connectivity index (χ0) is 22.3. The third kappa shape index (κ3) is 4.13. The first kappa shape index (κ1) is 21.6. The highest BCUT2D eigenvalue weighted by molar-refractivity contribution is 5.40. The van der Waals surface area contributed by atoms with Crippen molar-refractivity contribution in [3.8, 4) is 11.5 Å². The molecule has 2 aromatic rings. The standard InChI is InChI=1S/C22H28N2O7/c1-13-10-23(19-9-17-18(30-19)12-29-22(2,3)31-17)21(26)24(20(13)25)11-14-6-7-15(27-4)8-16(14)28-5/h6-8,10,17-19H,9,11-12H2,1-5H3. The summed E-state index contributed by atoms with van der Waals surface area (Å²) in [4.78, 5) is 26.1. The highest BCUT2D eigenvalue weighted by atomic mass is 16.7. The van der Waals surface area contributed by atoms with Crippen molar-refractivity contribution in [2.75, 3.05) is 20.8 Å². The molecular formula is C22H28N2O7. The molecule has 0 spiro atoms. The number of nitrogens with zero attached hydrogens (tertiary/aromatic N) is 2. The zero-order valence-corrected chi connectivity index (χ0v) is 18.4. The van der Waals surface area contributed by atoms with Crippen LogP contribution < -0.4 is 20.7 Å². The lowest BCUT2D eigenvalue weighted by atomic mass is 10.1. The van der Waals surface area contributed by atoms with Crippen molar-refractivity contribution < 1.29 is 23.7 Å². The maximum Gasteiger partial charge on any atom is 0.333 e. The molecule has 2 fully saturated rings. The minimum Gasteiger partial charge on any atom is -0.497 e. The van der Waals surface area contributed by atoms with Gasteiger partial charge in [0.1, 0.15) is 23.8 Å². The minimum absolute atomic E-state index is 0.0682. The number of ether oxygens (including phenoxy) is 5. The fourth-order valence-electron chi connectivity index (χ4n) is 4.08. The van der Waals surface area contributed by atoms with Crippen LogP contribution in [0.25, 0.3) is 0 Å². The van der Waals surface area contributed by atoms with Gasteiger partial charge < -0.3 is 23.7 Å². The molecule has 168 valence electrons. The molecule has 0 N–H and O–H groups in total. The van der Waals surface area contributed by atoms with E-state index < -0.39 is 17.7 Å². The van der Waals surface area contributed by atoms with Gasteiger partial charge in [0, 0.05) is 29.8 Å². The molecule has 31 heavy (non-hydrogen) atoms. The molecule has 2 saturated heterocycles. The van der Waals surface area contributed by atoms with E-state index in [1.165, 1.54) is 16.2 Å². The van der Waals surface area contributed by atoms with E-state index in [4.69, 9.17) is 23.7 Å². The van der Waals surface area contributed by atoms with Gasteiger partial charge in [0.2, 0.25) is 0 Å². The summed E-state index contributed by atoms with van der Waals surface area (Å²) in [6, 6.07) is 5.27. The topological polar surface area (TPSA) is 90.2 Å². The van der Waals surface area contributed by atoms with Crippen LogP contribution in [0.4, 0.5) is 0 Å². The smallest absolute Gasteiger partial charge is 0.333 e. The highest BCUT2D eigenvalue weighted by Crippen LogP contribution is 2.36. The van der Waals surface area contributed by atoms with E-state index in [-0.39, 0.29) is 24.3 Å². The number of hydrogen-bond acceptors (Lipinski definition) is 7. The molecule has 0 bridgehead atoms. The largest absolute Gasteiger partial charge is 0.497 e. The number of aromatic nitrogens is 2. The van der Waals surface area contributed by atoms with Crippen molar-refractivity contribution in [1.29, 1.82) is 0 Å². The van der Waals surface area contributed by atoms with E-state index in [9.17, 15) is 9.59 Å². The summed E-state index contributed by atoms with van der Waals surface area (Å²) in [6.07, 6.45) is 1.08. The Morgan fingerprint density at radius 1 is 1.16 bits per heavy atom. The molecule has 9 nitrogen and oxygen atoms in total. The number of rotatable bonds is 5. The van der Waals surface area contributed by atoms with Crippen LogP contribution in [-0.2, 0) is 20.8 Å². The molecular weight excluding hydrogens is 404 g/mol. The van der Waals surface area contributed by atoms with Gasteiger partial charge in [0.25, 0.3) is 5.56 Å². The SMILES string of the molecule is COc1ccc(Cn2c(=O)c(C)cn(C3CC4OC(C)(C)OCC4O3)c2=O)c(OC)c1. The van der Waals surface area contributed by atoms with Gasteiger partial charge in [-0.25, -0.2) is 4.79 Å². The van der Waals surface area contributed by atoms with E-state index >= 15 is 0 Å². The average molecular weight is 432 g/mol. The van der Waals surface area contributed by atoms with Gasteiger partial charge in [0.15, 0.2) is 5.79 Å². The number of hydrogen-bond donors (Lipinski definition) is 0. The van der Waals surface area contributed by atoms with Crippen LogP contribution >= 0.6 is 0 Å². The summed E-state index contributed by atoms with van der Waals surface area (Å²) in [6.45, 7) is 5.86. The fraction of sp³-hybridized carbons (Fsp3) is 0.545. The Hall–Kier alpha value is -2.62. The molecule has 2 aliphatic heterocycles. The Kier molecular flexibility index (Phi) is 5.67. The van der Waals surface area contributed by atoms with Crippen LogP contribution in [0, 0.1) is 6.92 Å². The Morgan fingerprint density at radius 2 is 1.94 bits per heavy atom. The van der Waals surface area contributed by atoms with Gasteiger partial charge in [-0.15, -0.1) is 0 Å². The number of methoxy groups -OCH3 is 2. The van der Waals surface area contributed by atoms with Gasteiger partial charge in [-0.05, 0) is 32.9 Å². The maximum absolute atomic E-state index is 13.3. The zero-order valence-electron chi connectivity index (χ0n) is 18.4. The number of fused-ring (bicyclic) bond motifs is 1. The predicted molar refractivity (Wildman–Crippen MR) is 112 cm³/mol. The Morgan fingerprint density at radius 3 is 2.65 bits per heavy atom. The van der Waals surface area contributed by atoms with Crippen molar-refractivity contribution in [2.45, 2.75) is 58.0 Å². The summed E-state index contributed by atoms with van der Waals surface area (Å²) < 4.78 is 31.0. The molecule has 1 aromatic heterocycles. The van der Waals surface area contributed by atoms with E-state index in [1.807, 2.05) is 13.8 Å². The van der Waals surface area contributed by atoms with Gasteiger partial charge in [0.05, 0.1) is 33.5 Å². The average Bonchev–Trinajstić information content (AvgIpc) is 3.15. The lowest BCUT2D eigenvalue weighted by molar-refractivity contribution is -0.293. The summed E-state index contributed by atoms with van der Waals surface area (Å²) in [7, 11) is 3.10. The molecule has 3 atom stereocenters. The Balaban J connectivity index is 1.67. The lowest BCUT2D eigenvalue weighted by Crippen LogP contribution is -2.46. The normalized spacial score (nSPS) is 24.6. The summed E-state index contributed by atoms with van der Waals surface area (Å²) >= 11 is 0. The molecule has 9 heteroatoms. The van der Waals surface area contributed by atoms with Gasteiger partial charge in [-0.2, -0.15) is 0 Å². The minimum atomic E-state index is -0.690. The van der Waals surface area contributed by atoms with Crippen molar-refractivity contribution >= 4 is 0 Å². The van der Waals surface area contributed by atoms with Crippen molar-refractivity contribution in [3.05, 3.63) is 56.4 Å². The highest BCUT2D eigenvalue weighted by Gasteiger charge is 2.45. The van der Waals surface area contributed by atoms with Crippen LogP contribution in [0.1, 0.15) is 37.6 Å². The lowest BCUT2D eigenvalue weighted by Gasteiger charge is -2.36. The maximum atomic E-state index is 13.3. The monoisotopic (exact) mass is 432 g/mol. The predicted octanol–water partition coefficient (Wildman–Crippen LogP) is 1.82. The second-order valence-electron chi connectivity index (χ2n) is 8.30. The van der Waals surface area contributed by atoms with Gasteiger partial charge in [-0.3, -0.25) is 13.9 Å². The summed E-state index contributed by atoms with van der Waals surface area (Å²) in [5, 5.41) is 0. The molecule has 0 radical (unpaired) electrons. The van der Waals surface area contributed by atoms with E-state index in [1.54, 1.807) is 38.4 Å². The molecule has 0 amide bonds. The van der Waals surface area contributed by atoms with E-state index in [0.29, 0.717) is 35.7 Å².